The molecule has 0 atom stereocenters. The van der Waals surface area contributed by atoms with Crippen molar-refractivity contribution in [3.8, 4) is 17.3 Å². The van der Waals surface area contributed by atoms with Crippen LogP contribution in [0.4, 0.5) is 5.95 Å². The summed E-state index contributed by atoms with van der Waals surface area (Å²) in [6.45, 7) is 2.00. The molecule has 0 spiro atoms. The van der Waals surface area contributed by atoms with Gasteiger partial charge in [-0.1, -0.05) is 58.4 Å². The lowest BCUT2D eigenvalue weighted by atomic mass is 10.1. The van der Waals surface area contributed by atoms with Crippen molar-refractivity contribution in [3.63, 3.8) is 0 Å². The molecule has 0 aliphatic carbocycles. The van der Waals surface area contributed by atoms with Crippen LogP contribution in [-0.2, 0) is 0 Å². The highest BCUT2D eigenvalue weighted by atomic mass is 79.9. The van der Waals surface area contributed by atoms with Gasteiger partial charge in [0.05, 0.1) is 11.9 Å². The van der Waals surface area contributed by atoms with E-state index in [1.54, 1.807) is 18.3 Å². The second-order valence-corrected chi connectivity index (χ2v) is 6.37. The first-order valence-electron chi connectivity index (χ1n) is 7.73. The lowest BCUT2D eigenvalue weighted by molar-refractivity contribution is 1.08. The van der Waals surface area contributed by atoms with Crippen LogP contribution in [0.3, 0.4) is 0 Å². The number of halogens is 1. The minimum absolute atomic E-state index is 0.0352. The number of aromatic nitrogens is 2. The monoisotopic (exact) mass is 407 g/mol. The normalized spacial score (nSPS) is 10.7. The van der Waals surface area contributed by atoms with Crippen molar-refractivity contribution in [1.29, 1.82) is 5.26 Å². The molecule has 3 aromatic rings. The molecule has 0 bridgehead atoms. The molecule has 0 aliphatic rings. The maximum atomic E-state index is 12.2. The zero-order chi connectivity index (χ0) is 18.5. The molecular formula is C19H14BrN5O. The van der Waals surface area contributed by atoms with E-state index < -0.39 is 5.56 Å². The highest BCUT2D eigenvalue weighted by Crippen LogP contribution is 2.20. The molecule has 2 N–H and O–H groups in total. The number of nitrogens with one attached hydrogen (secondary N) is 2. The number of hydrazone groups is 1. The molecule has 128 valence electrons. The van der Waals surface area contributed by atoms with Crippen molar-refractivity contribution in [2.45, 2.75) is 6.92 Å². The van der Waals surface area contributed by atoms with Gasteiger partial charge in [0.25, 0.3) is 5.56 Å². The van der Waals surface area contributed by atoms with Crippen LogP contribution in [0.25, 0.3) is 11.3 Å². The van der Waals surface area contributed by atoms with Crippen LogP contribution in [0, 0.1) is 18.3 Å². The summed E-state index contributed by atoms with van der Waals surface area (Å²) >= 11 is 3.48. The van der Waals surface area contributed by atoms with E-state index in [1.165, 1.54) is 0 Å². The Morgan fingerprint density at radius 1 is 1.27 bits per heavy atom. The van der Waals surface area contributed by atoms with Crippen molar-refractivity contribution in [3.05, 3.63) is 80.0 Å². The van der Waals surface area contributed by atoms with Crippen LogP contribution in [0.15, 0.2) is 62.9 Å². The molecule has 1 heterocycles. The summed E-state index contributed by atoms with van der Waals surface area (Å²) in [6, 6.07) is 16.9. The minimum atomic E-state index is -0.518. The SMILES string of the molecule is Cc1ccc(C=NNc2nc(-c3ccccc3)c(C#N)c(=O)[nH]2)c(Br)c1. The molecular weight excluding hydrogens is 394 g/mol. The first-order chi connectivity index (χ1) is 12.6. The summed E-state index contributed by atoms with van der Waals surface area (Å²) in [6.07, 6.45) is 1.61. The molecule has 0 radical (unpaired) electrons. The number of aryl methyl sites for hydroxylation is 1. The zero-order valence-electron chi connectivity index (χ0n) is 13.8. The third kappa shape index (κ3) is 3.87. The Kier molecular flexibility index (Phi) is 5.25. The lowest BCUT2D eigenvalue weighted by Gasteiger charge is -2.06. The van der Waals surface area contributed by atoms with Crippen molar-refractivity contribution in [2.24, 2.45) is 5.10 Å². The van der Waals surface area contributed by atoms with E-state index in [1.807, 2.05) is 49.4 Å². The number of rotatable bonds is 4. The number of H-pyrrole nitrogens is 1. The van der Waals surface area contributed by atoms with Crippen LogP contribution < -0.4 is 11.0 Å². The van der Waals surface area contributed by atoms with Crippen LogP contribution in [0.2, 0.25) is 0 Å². The van der Waals surface area contributed by atoms with Crippen molar-refractivity contribution < 1.29 is 0 Å². The van der Waals surface area contributed by atoms with Crippen LogP contribution >= 0.6 is 15.9 Å². The molecule has 7 heteroatoms. The summed E-state index contributed by atoms with van der Waals surface area (Å²) in [5.74, 6) is 0.160. The molecule has 0 saturated carbocycles. The van der Waals surface area contributed by atoms with Crippen LogP contribution in [-0.4, -0.2) is 16.2 Å². The number of anilines is 1. The fourth-order valence-corrected chi connectivity index (χ4v) is 2.93. The number of nitriles is 1. The number of hydrogen-bond acceptors (Lipinski definition) is 5. The van der Waals surface area contributed by atoms with E-state index in [9.17, 15) is 10.1 Å². The fourth-order valence-electron chi connectivity index (χ4n) is 2.33. The van der Waals surface area contributed by atoms with Gasteiger partial charge in [-0.2, -0.15) is 10.4 Å². The molecule has 0 saturated heterocycles. The number of nitrogens with zero attached hydrogens (tertiary/aromatic N) is 3. The molecule has 6 nitrogen and oxygen atoms in total. The second-order valence-electron chi connectivity index (χ2n) is 5.51. The van der Waals surface area contributed by atoms with Gasteiger partial charge in [-0.25, -0.2) is 10.4 Å². The Morgan fingerprint density at radius 3 is 2.73 bits per heavy atom. The third-order valence-electron chi connectivity index (χ3n) is 3.61. The lowest BCUT2D eigenvalue weighted by Crippen LogP contribution is -2.16. The maximum absolute atomic E-state index is 12.2. The third-order valence-corrected chi connectivity index (χ3v) is 4.30. The smallest absolute Gasteiger partial charge is 0.270 e. The largest absolute Gasteiger partial charge is 0.290 e. The summed E-state index contributed by atoms with van der Waals surface area (Å²) in [5, 5.41) is 13.4. The van der Waals surface area contributed by atoms with E-state index in [-0.39, 0.29) is 11.5 Å². The van der Waals surface area contributed by atoms with Gasteiger partial charge in [0.1, 0.15) is 11.6 Å². The standard InChI is InChI=1S/C19H14BrN5O/c1-12-7-8-14(16(20)9-12)11-22-25-19-23-17(13-5-3-2-4-6-13)15(10-21)18(26)24-19/h2-9,11H,1H3,(H2,23,24,25,26). The van der Waals surface area contributed by atoms with Gasteiger partial charge in [-0.05, 0) is 18.6 Å². The maximum Gasteiger partial charge on any atom is 0.270 e. The van der Waals surface area contributed by atoms with E-state index in [0.717, 1.165) is 15.6 Å². The molecule has 0 fully saturated rings. The molecule has 0 aliphatic heterocycles. The van der Waals surface area contributed by atoms with Crippen molar-refractivity contribution in [1.82, 2.24) is 9.97 Å². The highest BCUT2D eigenvalue weighted by molar-refractivity contribution is 9.10. The van der Waals surface area contributed by atoms with Crippen LogP contribution in [0.1, 0.15) is 16.7 Å². The van der Waals surface area contributed by atoms with Crippen molar-refractivity contribution >= 4 is 28.1 Å². The predicted molar refractivity (Wildman–Crippen MR) is 105 cm³/mol. The molecule has 0 amide bonds. The van der Waals surface area contributed by atoms with Gasteiger partial charge in [-0.15, -0.1) is 0 Å². The highest BCUT2D eigenvalue weighted by Gasteiger charge is 2.12. The quantitative estimate of drug-likeness (QED) is 0.507. The minimum Gasteiger partial charge on any atom is -0.290 e. The Labute approximate surface area is 158 Å². The summed E-state index contributed by atoms with van der Waals surface area (Å²) in [4.78, 5) is 19.0. The van der Waals surface area contributed by atoms with E-state index >= 15 is 0 Å². The topological polar surface area (TPSA) is 93.9 Å². The second kappa shape index (κ2) is 7.76. The molecule has 2 aromatic carbocycles. The number of aromatic amines is 1. The van der Waals surface area contributed by atoms with E-state index in [2.05, 4.69) is 36.4 Å². The average Bonchev–Trinajstić information content (AvgIpc) is 2.64. The summed E-state index contributed by atoms with van der Waals surface area (Å²) < 4.78 is 0.911. The summed E-state index contributed by atoms with van der Waals surface area (Å²) in [5.41, 5.74) is 5.16. The van der Waals surface area contributed by atoms with Gasteiger partial charge < -0.3 is 0 Å². The van der Waals surface area contributed by atoms with Gasteiger partial charge in [0, 0.05) is 15.6 Å². The average molecular weight is 408 g/mol. The molecule has 3 rings (SSSR count). The molecule has 26 heavy (non-hydrogen) atoms. The Hall–Kier alpha value is -3.24. The Balaban J connectivity index is 1.92. The van der Waals surface area contributed by atoms with E-state index in [4.69, 9.17) is 0 Å². The first kappa shape index (κ1) is 17.6. The number of hydrogen-bond donors (Lipinski definition) is 2. The Bertz CT molecular complexity index is 1070. The predicted octanol–water partition coefficient (Wildman–Crippen LogP) is 3.83. The first-order valence-corrected chi connectivity index (χ1v) is 8.53. The van der Waals surface area contributed by atoms with Gasteiger partial charge in [0.2, 0.25) is 5.95 Å². The van der Waals surface area contributed by atoms with Crippen LogP contribution in [0.5, 0.6) is 0 Å². The summed E-state index contributed by atoms with van der Waals surface area (Å²) in [7, 11) is 0. The Morgan fingerprint density at radius 2 is 2.04 bits per heavy atom. The van der Waals surface area contributed by atoms with Crippen molar-refractivity contribution in [2.75, 3.05) is 5.43 Å². The van der Waals surface area contributed by atoms with Gasteiger partial charge in [-0.3, -0.25) is 9.78 Å². The molecule has 0 unspecified atom stereocenters. The van der Waals surface area contributed by atoms with Gasteiger partial charge >= 0.3 is 0 Å². The zero-order valence-corrected chi connectivity index (χ0v) is 15.4. The van der Waals surface area contributed by atoms with Gasteiger partial charge in [0.15, 0.2) is 0 Å². The fraction of sp³-hybridized carbons (Fsp3) is 0.0526. The van der Waals surface area contributed by atoms with E-state index in [0.29, 0.717) is 11.3 Å². The molecule has 1 aromatic heterocycles. The number of benzene rings is 2.